The Kier molecular flexibility index (Phi) is 4.02. The average Bonchev–Trinajstić information content (AvgIpc) is 2.89. The molecule has 108 valence electrons. The summed E-state index contributed by atoms with van der Waals surface area (Å²) in [6.45, 7) is 0.0650. The van der Waals surface area contributed by atoms with Crippen molar-refractivity contribution in [1.29, 1.82) is 5.53 Å². The van der Waals surface area contributed by atoms with Crippen LogP contribution in [-0.4, -0.2) is 28.3 Å². The van der Waals surface area contributed by atoms with Crippen LogP contribution in [0.2, 0.25) is 0 Å². The highest BCUT2D eigenvalue weighted by molar-refractivity contribution is 5.98. The molecule has 0 aliphatic heterocycles. The molecule has 2 aromatic rings. The Hall–Kier alpha value is -3.10. The van der Waals surface area contributed by atoms with Crippen molar-refractivity contribution in [2.75, 3.05) is 6.54 Å². The predicted molar refractivity (Wildman–Crippen MR) is 72.1 cm³/mol. The van der Waals surface area contributed by atoms with E-state index in [-0.39, 0.29) is 24.3 Å². The number of rotatable bonds is 5. The summed E-state index contributed by atoms with van der Waals surface area (Å²) < 4.78 is 0. The molecule has 1 aromatic carbocycles. The van der Waals surface area contributed by atoms with Crippen LogP contribution in [0.25, 0.3) is 10.9 Å². The summed E-state index contributed by atoms with van der Waals surface area (Å²) in [5, 5.41) is 16.4. The monoisotopic (exact) mass is 289 g/mol. The van der Waals surface area contributed by atoms with Crippen molar-refractivity contribution in [1.82, 2.24) is 10.3 Å². The van der Waals surface area contributed by atoms with Crippen LogP contribution >= 0.6 is 0 Å². The van der Waals surface area contributed by atoms with Crippen LogP contribution in [0.3, 0.4) is 0 Å². The van der Waals surface area contributed by atoms with E-state index < -0.39 is 16.7 Å². The first-order valence-electron chi connectivity index (χ1n) is 5.97. The van der Waals surface area contributed by atoms with E-state index in [2.05, 4.69) is 15.4 Å². The molecule has 0 aliphatic rings. The molecule has 1 heterocycles. The summed E-state index contributed by atoms with van der Waals surface area (Å²) >= 11 is 0. The Labute approximate surface area is 118 Å². The van der Waals surface area contributed by atoms with Crippen LogP contribution in [-0.2, 0) is 4.79 Å². The van der Waals surface area contributed by atoms with Gasteiger partial charge in [0.1, 0.15) is 5.69 Å². The summed E-state index contributed by atoms with van der Waals surface area (Å²) in [5.41, 5.74) is 7.27. The van der Waals surface area contributed by atoms with Crippen molar-refractivity contribution in [3.63, 3.8) is 0 Å². The van der Waals surface area contributed by atoms with Crippen LogP contribution < -0.4 is 5.32 Å². The van der Waals surface area contributed by atoms with E-state index in [9.17, 15) is 19.7 Å². The average molecular weight is 289 g/mol. The molecule has 0 saturated carbocycles. The summed E-state index contributed by atoms with van der Waals surface area (Å²) in [7, 11) is 0. The number of aromatic amines is 1. The highest BCUT2D eigenvalue weighted by Crippen LogP contribution is 2.21. The standard InChI is InChI=1S/C12H11N5O4/c13-16-11(18)3-4-14-12(19)10-6-7-5-8(17(20)21)1-2-9(7)15-10/h1-2,5-6,13,15H,3-4H2,(H,14,19). The number of H-pyrrole nitrogens is 1. The number of nitro groups is 1. The van der Waals surface area contributed by atoms with Gasteiger partial charge in [0.25, 0.3) is 17.5 Å². The Bertz CT molecular complexity index is 736. The maximum atomic E-state index is 11.8. The molecule has 2 amide bonds. The molecule has 9 heteroatoms. The second-order valence-electron chi connectivity index (χ2n) is 4.22. The maximum Gasteiger partial charge on any atom is 0.270 e. The zero-order valence-electron chi connectivity index (χ0n) is 10.8. The van der Waals surface area contributed by atoms with E-state index >= 15 is 0 Å². The number of nitrogens with zero attached hydrogens (tertiary/aromatic N) is 2. The van der Waals surface area contributed by atoms with Gasteiger partial charge in [0.05, 0.1) is 4.92 Å². The van der Waals surface area contributed by atoms with E-state index in [1.807, 2.05) is 0 Å². The summed E-state index contributed by atoms with van der Waals surface area (Å²) in [5.74, 6) is -1.06. The molecule has 0 aliphatic carbocycles. The molecule has 2 rings (SSSR count). The SMILES string of the molecule is N=NC(=O)CCNC(=O)c1cc2cc([N+](=O)[O-])ccc2[nH]1. The maximum absolute atomic E-state index is 11.8. The summed E-state index contributed by atoms with van der Waals surface area (Å²) in [6, 6.07) is 5.72. The number of nitro benzene ring substituents is 1. The molecule has 0 spiro atoms. The molecule has 0 fully saturated rings. The fraction of sp³-hybridized carbons (Fsp3) is 0.167. The van der Waals surface area contributed by atoms with Crippen LogP contribution in [0, 0.1) is 15.6 Å². The molecule has 0 bridgehead atoms. The second kappa shape index (κ2) is 5.90. The minimum Gasteiger partial charge on any atom is -0.351 e. The summed E-state index contributed by atoms with van der Waals surface area (Å²) in [6.07, 6.45) is -0.0546. The third-order valence-electron chi connectivity index (χ3n) is 2.81. The second-order valence-corrected chi connectivity index (χ2v) is 4.22. The van der Waals surface area contributed by atoms with Crippen LogP contribution in [0.1, 0.15) is 16.9 Å². The van der Waals surface area contributed by atoms with Gasteiger partial charge in [0.15, 0.2) is 0 Å². The molecule has 0 radical (unpaired) electrons. The number of carbonyl (C=O) groups is 2. The molecule has 0 atom stereocenters. The Balaban J connectivity index is 2.11. The van der Waals surface area contributed by atoms with Gasteiger partial charge in [-0.15, -0.1) is 5.11 Å². The lowest BCUT2D eigenvalue weighted by Gasteiger charge is -2.00. The minimum absolute atomic E-state index is 0.0546. The van der Waals surface area contributed by atoms with Gasteiger partial charge < -0.3 is 10.3 Å². The van der Waals surface area contributed by atoms with E-state index in [1.165, 1.54) is 24.3 Å². The van der Waals surface area contributed by atoms with Gasteiger partial charge in [0.2, 0.25) is 0 Å². The van der Waals surface area contributed by atoms with Gasteiger partial charge in [-0.05, 0) is 12.1 Å². The fourth-order valence-corrected chi connectivity index (χ4v) is 1.79. The number of fused-ring (bicyclic) bond motifs is 1. The predicted octanol–water partition coefficient (Wildman–Crippen LogP) is 1.75. The van der Waals surface area contributed by atoms with Gasteiger partial charge >= 0.3 is 0 Å². The van der Waals surface area contributed by atoms with Gasteiger partial charge in [-0.1, -0.05) is 0 Å². The number of nitrogens with one attached hydrogen (secondary N) is 3. The third kappa shape index (κ3) is 3.26. The highest BCUT2D eigenvalue weighted by Gasteiger charge is 2.12. The van der Waals surface area contributed by atoms with Crippen molar-refractivity contribution >= 4 is 28.4 Å². The number of non-ortho nitro benzene ring substituents is 1. The topological polar surface area (TPSA) is 141 Å². The molecule has 0 unspecified atom stereocenters. The van der Waals surface area contributed by atoms with Crippen molar-refractivity contribution < 1.29 is 14.5 Å². The van der Waals surface area contributed by atoms with Crippen LogP contribution in [0.15, 0.2) is 29.4 Å². The van der Waals surface area contributed by atoms with Gasteiger partial charge in [-0.25, -0.2) is 5.53 Å². The number of benzene rings is 1. The quantitative estimate of drug-likeness (QED) is 0.438. The highest BCUT2D eigenvalue weighted by atomic mass is 16.6. The molecule has 1 aromatic heterocycles. The van der Waals surface area contributed by atoms with E-state index in [4.69, 9.17) is 5.53 Å². The van der Waals surface area contributed by atoms with Crippen LogP contribution in [0.5, 0.6) is 0 Å². The number of carbonyl (C=O) groups excluding carboxylic acids is 2. The van der Waals surface area contributed by atoms with Gasteiger partial charge in [-0.2, -0.15) is 0 Å². The lowest BCUT2D eigenvalue weighted by molar-refractivity contribution is -0.384. The zero-order valence-corrected chi connectivity index (χ0v) is 10.8. The number of hydrogen-bond donors (Lipinski definition) is 3. The smallest absolute Gasteiger partial charge is 0.270 e. The van der Waals surface area contributed by atoms with Crippen molar-refractivity contribution in [3.05, 3.63) is 40.1 Å². The lowest BCUT2D eigenvalue weighted by Crippen LogP contribution is -2.25. The van der Waals surface area contributed by atoms with Crippen LogP contribution in [0.4, 0.5) is 5.69 Å². The number of hydrogen-bond acceptors (Lipinski definition) is 5. The van der Waals surface area contributed by atoms with Gasteiger partial charge in [-0.3, -0.25) is 19.7 Å². The Morgan fingerprint density at radius 3 is 2.81 bits per heavy atom. The molecule has 0 saturated heterocycles. The number of aromatic nitrogens is 1. The first kappa shape index (κ1) is 14.3. The minimum atomic E-state index is -0.623. The van der Waals surface area contributed by atoms with E-state index in [0.717, 1.165) is 0 Å². The fourth-order valence-electron chi connectivity index (χ4n) is 1.79. The Morgan fingerprint density at radius 1 is 1.38 bits per heavy atom. The van der Waals surface area contributed by atoms with Crippen molar-refractivity contribution in [2.24, 2.45) is 5.11 Å². The van der Waals surface area contributed by atoms with Crippen molar-refractivity contribution in [2.45, 2.75) is 6.42 Å². The first-order valence-corrected chi connectivity index (χ1v) is 5.97. The number of amides is 2. The van der Waals surface area contributed by atoms with E-state index in [1.54, 1.807) is 0 Å². The third-order valence-corrected chi connectivity index (χ3v) is 2.81. The van der Waals surface area contributed by atoms with Crippen molar-refractivity contribution in [3.8, 4) is 0 Å². The normalized spacial score (nSPS) is 10.3. The zero-order chi connectivity index (χ0) is 15.4. The first-order chi connectivity index (χ1) is 10.0. The molecule has 21 heavy (non-hydrogen) atoms. The summed E-state index contributed by atoms with van der Waals surface area (Å²) in [4.78, 5) is 35.6. The molecular formula is C12H11N5O4. The largest absolute Gasteiger partial charge is 0.351 e. The van der Waals surface area contributed by atoms with Gasteiger partial charge in [0, 0.05) is 36.0 Å². The van der Waals surface area contributed by atoms with E-state index in [0.29, 0.717) is 10.9 Å². The molecular weight excluding hydrogens is 278 g/mol. The molecule has 9 nitrogen and oxygen atoms in total. The lowest BCUT2D eigenvalue weighted by atomic mass is 10.2. The molecule has 3 N–H and O–H groups in total. The Morgan fingerprint density at radius 2 is 2.14 bits per heavy atom.